The molecule has 0 bridgehead atoms. The number of hydrogen-bond donors (Lipinski definition) is 2. The third kappa shape index (κ3) is 4.35. The molecule has 0 spiro atoms. The van der Waals surface area contributed by atoms with E-state index in [0.29, 0.717) is 34.8 Å². The largest absolute Gasteiger partial charge is 0.379 e. The molecule has 0 atom stereocenters. The van der Waals surface area contributed by atoms with Gasteiger partial charge >= 0.3 is 0 Å². The van der Waals surface area contributed by atoms with Crippen molar-refractivity contribution in [3.63, 3.8) is 0 Å². The first-order chi connectivity index (χ1) is 14.8. The van der Waals surface area contributed by atoms with E-state index in [2.05, 4.69) is 10.3 Å². The van der Waals surface area contributed by atoms with Crippen molar-refractivity contribution in [2.45, 2.75) is 11.8 Å². The number of nitrogens with one attached hydrogen (secondary N) is 2. The molecular formula is C21H20ClN3O5S. The molecule has 0 radical (unpaired) electrons. The van der Waals surface area contributed by atoms with Crippen LogP contribution in [0, 0.1) is 6.92 Å². The molecule has 1 aromatic heterocycles. The van der Waals surface area contributed by atoms with Gasteiger partial charge < -0.3 is 15.0 Å². The zero-order valence-electron chi connectivity index (χ0n) is 16.6. The second-order valence-electron chi connectivity index (χ2n) is 7.18. The first kappa shape index (κ1) is 21.5. The summed E-state index contributed by atoms with van der Waals surface area (Å²) in [5, 5.41) is 3.54. The summed E-state index contributed by atoms with van der Waals surface area (Å²) in [6, 6.07) is 10.6. The fraction of sp³-hybridized carbons (Fsp3) is 0.238. The van der Waals surface area contributed by atoms with Gasteiger partial charge in [0.15, 0.2) is 0 Å². The maximum atomic E-state index is 13.0. The number of aryl methyl sites for hydroxylation is 1. The lowest BCUT2D eigenvalue weighted by Crippen LogP contribution is -2.40. The van der Waals surface area contributed by atoms with Crippen LogP contribution in [0.1, 0.15) is 15.9 Å². The Morgan fingerprint density at radius 3 is 2.61 bits per heavy atom. The molecule has 4 rings (SSSR count). The van der Waals surface area contributed by atoms with E-state index < -0.39 is 21.5 Å². The number of pyridine rings is 1. The molecule has 8 nitrogen and oxygen atoms in total. The minimum atomic E-state index is -3.77. The Balaban J connectivity index is 1.78. The van der Waals surface area contributed by atoms with E-state index in [-0.39, 0.29) is 23.5 Å². The Kier molecular flexibility index (Phi) is 5.85. The van der Waals surface area contributed by atoms with Crippen molar-refractivity contribution in [2.24, 2.45) is 0 Å². The van der Waals surface area contributed by atoms with Crippen molar-refractivity contribution in [3.05, 3.63) is 69.0 Å². The molecule has 2 N–H and O–H groups in total. The molecular weight excluding hydrogens is 442 g/mol. The van der Waals surface area contributed by atoms with Crippen LogP contribution in [-0.2, 0) is 14.8 Å². The molecule has 1 fully saturated rings. The Morgan fingerprint density at radius 2 is 1.87 bits per heavy atom. The summed E-state index contributed by atoms with van der Waals surface area (Å²) >= 11 is 6.02. The minimum Gasteiger partial charge on any atom is -0.379 e. The number of rotatable bonds is 4. The molecule has 31 heavy (non-hydrogen) atoms. The maximum Gasteiger partial charge on any atom is 0.256 e. The van der Waals surface area contributed by atoms with Gasteiger partial charge in [-0.3, -0.25) is 9.59 Å². The van der Waals surface area contributed by atoms with Crippen molar-refractivity contribution in [3.8, 4) is 0 Å². The lowest BCUT2D eigenvalue weighted by atomic mass is 10.1. The molecule has 3 aromatic rings. The van der Waals surface area contributed by atoms with Gasteiger partial charge in [0, 0.05) is 40.8 Å². The third-order valence-electron chi connectivity index (χ3n) is 5.11. The first-order valence-corrected chi connectivity index (χ1v) is 11.4. The van der Waals surface area contributed by atoms with Crippen molar-refractivity contribution >= 4 is 44.1 Å². The van der Waals surface area contributed by atoms with Gasteiger partial charge in [0.05, 0.1) is 23.7 Å². The molecule has 2 aromatic carbocycles. The van der Waals surface area contributed by atoms with E-state index in [1.807, 2.05) is 6.92 Å². The van der Waals surface area contributed by atoms with Gasteiger partial charge in [0.25, 0.3) is 5.91 Å². The number of benzene rings is 2. The minimum absolute atomic E-state index is 0.0435. The molecule has 0 saturated carbocycles. The number of sulfonamides is 1. The van der Waals surface area contributed by atoms with Crippen LogP contribution in [0.3, 0.4) is 0 Å². The number of nitrogens with zero attached hydrogens (tertiary/aromatic N) is 1. The number of ether oxygens (including phenoxy) is 1. The van der Waals surface area contributed by atoms with E-state index in [0.717, 1.165) is 11.6 Å². The second kappa shape index (κ2) is 8.43. The summed E-state index contributed by atoms with van der Waals surface area (Å²) in [7, 11) is -3.77. The quantitative estimate of drug-likeness (QED) is 0.621. The number of hydrogen-bond acceptors (Lipinski definition) is 5. The van der Waals surface area contributed by atoms with Crippen LogP contribution in [0.25, 0.3) is 10.9 Å². The number of amides is 1. The van der Waals surface area contributed by atoms with Crippen molar-refractivity contribution in [1.82, 2.24) is 9.29 Å². The molecule has 0 aliphatic carbocycles. The molecule has 1 aliphatic rings. The lowest BCUT2D eigenvalue weighted by Gasteiger charge is -2.26. The predicted octanol–water partition coefficient (Wildman–Crippen LogP) is 2.76. The third-order valence-corrected chi connectivity index (χ3v) is 7.24. The number of anilines is 1. The zero-order valence-corrected chi connectivity index (χ0v) is 18.2. The Bertz CT molecular complexity index is 1330. The lowest BCUT2D eigenvalue weighted by molar-refractivity contribution is 0.0730. The maximum absolute atomic E-state index is 13.0. The van der Waals surface area contributed by atoms with Gasteiger partial charge in [-0.2, -0.15) is 4.31 Å². The fourth-order valence-corrected chi connectivity index (χ4v) is 5.04. The Morgan fingerprint density at radius 1 is 1.13 bits per heavy atom. The summed E-state index contributed by atoms with van der Waals surface area (Å²) in [5.41, 5.74) is 1.26. The highest BCUT2D eigenvalue weighted by Gasteiger charge is 2.27. The van der Waals surface area contributed by atoms with E-state index in [1.165, 1.54) is 22.5 Å². The number of H-pyrrole nitrogens is 1. The van der Waals surface area contributed by atoms with Crippen LogP contribution in [0.5, 0.6) is 0 Å². The van der Waals surface area contributed by atoms with Crippen LogP contribution in [0.2, 0.25) is 5.02 Å². The summed E-state index contributed by atoms with van der Waals surface area (Å²) in [4.78, 5) is 27.8. The zero-order chi connectivity index (χ0) is 22.2. The monoisotopic (exact) mass is 461 g/mol. The van der Waals surface area contributed by atoms with Crippen LogP contribution < -0.4 is 10.9 Å². The van der Waals surface area contributed by atoms with E-state index in [9.17, 15) is 18.0 Å². The highest BCUT2D eigenvalue weighted by molar-refractivity contribution is 7.89. The normalized spacial score (nSPS) is 15.2. The molecule has 162 valence electrons. The van der Waals surface area contributed by atoms with Gasteiger partial charge in [-0.1, -0.05) is 17.7 Å². The molecule has 10 heteroatoms. The van der Waals surface area contributed by atoms with E-state index in [1.54, 1.807) is 18.2 Å². The average molecular weight is 462 g/mol. The van der Waals surface area contributed by atoms with E-state index >= 15 is 0 Å². The number of carbonyl (C=O) groups is 1. The predicted molar refractivity (Wildman–Crippen MR) is 118 cm³/mol. The molecule has 1 saturated heterocycles. The number of morpholine rings is 1. The van der Waals surface area contributed by atoms with Gasteiger partial charge in [-0.25, -0.2) is 8.42 Å². The first-order valence-electron chi connectivity index (χ1n) is 9.58. The number of fused-ring (bicyclic) bond motifs is 1. The summed E-state index contributed by atoms with van der Waals surface area (Å²) in [6.07, 6.45) is 0. The summed E-state index contributed by atoms with van der Waals surface area (Å²) in [6.45, 7) is 2.98. The second-order valence-corrected chi connectivity index (χ2v) is 9.56. The van der Waals surface area contributed by atoms with E-state index in [4.69, 9.17) is 16.3 Å². The molecule has 1 amide bonds. The average Bonchev–Trinajstić information content (AvgIpc) is 2.76. The number of aromatic nitrogens is 1. The molecule has 0 unspecified atom stereocenters. The van der Waals surface area contributed by atoms with Crippen LogP contribution in [0.15, 0.2) is 52.2 Å². The molecule has 1 aliphatic heterocycles. The highest BCUT2D eigenvalue weighted by Crippen LogP contribution is 2.25. The van der Waals surface area contributed by atoms with Gasteiger partial charge in [0.2, 0.25) is 15.6 Å². The number of carbonyl (C=O) groups excluding carboxylic acids is 1. The molecule has 2 heterocycles. The SMILES string of the molecule is Cc1ccc(Cl)cc1NC(=O)c1cc(=O)[nH]c2ccc(S(=O)(=O)N3CCOCC3)cc12. The number of halogens is 1. The van der Waals surface area contributed by atoms with Crippen LogP contribution in [0.4, 0.5) is 5.69 Å². The highest BCUT2D eigenvalue weighted by atomic mass is 35.5. The Labute approximate surface area is 183 Å². The van der Waals surface area contributed by atoms with Crippen molar-refractivity contribution < 1.29 is 17.9 Å². The van der Waals surface area contributed by atoms with Crippen LogP contribution >= 0.6 is 11.6 Å². The van der Waals surface area contributed by atoms with Crippen molar-refractivity contribution in [1.29, 1.82) is 0 Å². The fourth-order valence-electron chi connectivity index (χ4n) is 3.44. The smallest absolute Gasteiger partial charge is 0.256 e. The Hall–Kier alpha value is -2.72. The van der Waals surface area contributed by atoms with Gasteiger partial charge in [-0.15, -0.1) is 0 Å². The standard InChI is InChI=1S/C21H20ClN3O5S/c1-13-2-3-14(22)10-19(13)24-21(27)17-12-20(26)23-18-5-4-15(11-16(17)18)31(28,29)25-6-8-30-9-7-25/h2-5,10-12H,6-9H2,1H3,(H,23,26)(H,24,27). The van der Waals surface area contributed by atoms with Gasteiger partial charge in [0.1, 0.15) is 0 Å². The summed E-state index contributed by atoms with van der Waals surface area (Å²) in [5.74, 6) is -0.539. The number of aromatic amines is 1. The van der Waals surface area contributed by atoms with Crippen molar-refractivity contribution in [2.75, 3.05) is 31.6 Å². The van der Waals surface area contributed by atoms with Crippen LogP contribution in [-0.4, -0.2) is 49.9 Å². The van der Waals surface area contributed by atoms with Gasteiger partial charge in [-0.05, 0) is 42.8 Å². The summed E-state index contributed by atoms with van der Waals surface area (Å²) < 4.78 is 32.6. The topological polar surface area (TPSA) is 109 Å².